The number of hydrogen-bond donors (Lipinski definition) is 3. The lowest BCUT2D eigenvalue weighted by atomic mass is 10.0. The molecule has 1 aliphatic carbocycles. The second-order valence-corrected chi connectivity index (χ2v) is 6.12. The van der Waals surface area contributed by atoms with E-state index in [0.717, 1.165) is 55.7 Å². The lowest BCUT2D eigenvalue weighted by Crippen LogP contribution is -2.40. The fraction of sp³-hybridized carbons (Fsp3) is 0.733. The molecule has 2 rings (SSSR count). The Kier molecular flexibility index (Phi) is 5.00. The zero-order valence-electron chi connectivity index (χ0n) is 13.3. The van der Waals surface area contributed by atoms with E-state index in [1.165, 1.54) is 0 Å². The maximum atomic E-state index is 10.6. The third kappa shape index (κ3) is 3.63. The van der Waals surface area contributed by atoms with Crippen LogP contribution in [0.5, 0.6) is 0 Å². The van der Waals surface area contributed by atoms with Crippen LogP contribution >= 0.6 is 0 Å². The van der Waals surface area contributed by atoms with Gasteiger partial charge < -0.3 is 15.4 Å². The molecule has 4 N–H and O–H groups in total. The Balaban J connectivity index is 2.25. The molecule has 1 aromatic heterocycles. The number of aromatic nitrogens is 2. The number of nitrogens with zero attached hydrogens (tertiary/aromatic N) is 3. The summed E-state index contributed by atoms with van der Waals surface area (Å²) in [5.41, 5.74) is 2.98. The van der Waals surface area contributed by atoms with Gasteiger partial charge in [-0.3, -0.25) is 0 Å². The molecule has 1 aliphatic rings. The quantitative estimate of drug-likeness (QED) is 0.547. The van der Waals surface area contributed by atoms with Crippen molar-refractivity contribution < 1.29 is 5.11 Å². The maximum absolute atomic E-state index is 10.6. The van der Waals surface area contributed by atoms with Crippen molar-refractivity contribution in [2.75, 3.05) is 23.9 Å². The van der Waals surface area contributed by atoms with Gasteiger partial charge in [0.05, 0.1) is 5.60 Å². The first-order chi connectivity index (χ1) is 9.99. The largest absolute Gasteiger partial charge is 0.388 e. The molecular weight excluding hydrogens is 266 g/mol. The van der Waals surface area contributed by atoms with E-state index in [2.05, 4.69) is 22.3 Å². The monoisotopic (exact) mass is 293 g/mol. The van der Waals surface area contributed by atoms with Crippen LogP contribution in [0.4, 0.5) is 11.6 Å². The number of rotatable bonds is 6. The summed E-state index contributed by atoms with van der Waals surface area (Å²) in [6, 6.07) is 0. The number of hydrogen-bond acceptors (Lipinski definition) is 6. The van der Waals surface area contributed by atoms with Gasteiger partial charge in [-0.2, -0.15) is 0 Å². The summed E-state index contributed by atoms with van der Waals surface area (Å²) in [6.07, 6.45) is 5.74. The van der Waals surface area contributed by atoms with Crippen LogP contribution in [-0.2, 0) is 6.42 Å². The lowest BCUT2D eigenvalue weighted by molar-refractivity contribution is 0.0557. The number of nitrogens with one attached hydrogen (secondary N) is 1. The van der Waals surface area contributed by atoms with E-state index in [9.17, 15) is 5.11 Å². The van der Waals surface area contributed by atoms with Gasteiger partial charge in [-0.1, -0.05) is 19.8 Å². The van der Waals surface area contributed by atoms with E-state index in [1.807, 2.05) is 18.9 Å². The van der Waals surface area contributed by atoms with Crippen LogP contribution < -0.4 is 16.2 Å². The summed E-state index contributed by atoms with van der Waals surface area (Å²) < 4.78 is 0. The Morgan fingerprint density at radius 1 is 1.33 bits per heavy atom. The zero-order valence-corrected chi connectivity index (χ0v) is 13.3. The van der Waals surface area contributed by atoms with Crippen LogP contribution in [0.1, 0.15) is 50.4 Å². The third-order valence-corrected chi connectivity index (χ3v) is 4.20. The van der Waals surface area contributed by atoms with Gasteiger partial charge in [0, 0.05) is 25.6 Å². The summed E-state index contributed by atoms with van der Waals surface area (Å²) in [6.45, 7) is 4.65. The number of nitrogen functional groups attached to an aromatic ring is 1. The van der Waals surface area contributed by atoms with Gasteiger partial charge in [-0.05, 0) is 26.2 Å². The number of aryl methyl sites for hydroxylation is 1. The van der Waals surface area contributed by atoms with Crippen LogP contribution in [0.15, 0.2) is 0 Å². The predicted octanol–water partition coefficient (Wildman–Crippen LogP) is 1.76. The standard InChI is InChI=1S/C15H27N5O/c1-4-7-12-17-13(19-16)11(2)14(18-12)20(3)10-15(21)8-5-6-9-15/h21H,4-10,16H2,1-3H3,(H,17,18,19). The molecule has 1 heterocycles. The van der Waals surface area contributed by atoms with Gasteiger partial charge in [0.1, 0.15) is 17.5 Å². The Labute approximate surface area is 126 Å². The average Bonchev–Trinajstić information content (AvgIpc) is 2.87. The molecule has 21 heavy (non-hydrogen) atoms. The molecule has 0 radical (unpaired) electrons. The van der Waals surface area contributed by atoms with Gasteiger partial charge in [-0.25, -0.2) is 15.8 Å². The van der Waals surface area contributed by atoms with E-state index < -0.39 is 5.60 Å². The summed E-state index contributed by atoms with van der Waals surface area (Å²) in [5.74, 6) is 7.86. The minimum absolute atomic E-state index is 0.590. The maximum Gasteiger partial charge on any atom is 0.148 e. The van der Waals surface area contributed by atoms with Crippen molar-refractivity contribution in [2.24, 2.45) is 5.84 Å². The van der Waals surface area contributed by atoms with Gasteiger partial charge in [0.25, 0.3) is 0 Å². The SMILES string of the molecule is CCCc1nc(NN)c(C)c(N(C)CC2(O)CCCC2)n1. The molecule has 118 valence electrons. The molecule has 0 amide bonds. The molecule has 1 aromatic rings. The van der Waals surface area contributed by atoms with Crippen LogP contribution in [0, 0.1) is 6.92 Å². The normalized spacial score (nSPS) is 17.0. The minimum Gasteiger partial charge on any atom is -0.388 e. The number of aliphatic hydroxyl groups is 1. The van der Waals surface area contributed by atoms with Crippen molar-refractivity contribution in [2.45, 2.75) is 58.0 Å². The van der Waals surface area contributed by atoms with E-state index >= 15 is 0 Å². The predicted molar refractivity (Wildman–Crippen MR) is 85.3 cm³/mol. The Morgan fingerprint density at radius 3 is 2.57 bits per heavy atom. The number of likely N-dealkylation sites (N-methyl/N-ethyl adjacent to an activating group) is 1. The number of nitrogens with two attached hydrogens (primary N) is 1. The molecule has 6 nitrogen and oxygen atoms in total. The highest BCUT2D eigenvalue weighted by Crippen LogP contribution is 2.32. The Bertz CT molecular complexity index is 485. The molecule has 0 aromatic carbocycles. The highest BCUT2D eigenvalue weighted by atomic mass is 16.3. The van der Waals surface area contributed by atoms with E-state index in [1.54, 1.807) is 0 Å². The molecule has 6 heteroatoms. The van der Waals surface area contributed by atoms with Crippen molar-refractivity contribution in [1.29, 1.82) is 0 Å². The molecule has 0 saturated heterocycles. The van der Waals surface area contributed by atoms with Crippen LogP contribution in [0.25, 0.3) is 0 Å². The number of hydrazine groups is 1. The fourth-order valence-corrected chi connectivity index (χ4v) is 3.11. The van der Waals surface area contributed by atoms with E-state index in [-0.39, 0.29) is 0 Å². The fourth-order valence-electron chi connectivity index (χ4n) is 3.11. The molecule has 1 fully saturated rings. The molecule has 0 bridgehead atoms. The first-order valence-corrected chi connectivity index (χ1v) is 7.77. The zero-order chi connectivity index (χ0) is 15.5. The van der Waals surface area contributed by atoms with E-state index in [4.69, 9.17) is 5.84 Å². The average molecular weight is 293 g/mol. The Morgan fingerprint density at radius 2 is 2.00 bits per heavy atom. The van der Waals surface area contributed by atoms with Gasteiger partial charge in [0.2, 0.25) is 0 Å². The second-order valence-electron chi connectivity index (χ2n) is 6.12. The molecular formula is C15H27N5O. The van der Waals surface area contributed by atoms with Gasteiger partial charge >= 0.3 is 0 Å². The summed E-state index contributed by atoms with van der Waals surface area (Å²) in [4.78, 5) is 11.1. The highest BCUT2D eigenvalue weighted by Gasteiger charge is 2.33. The van der Waals surface area contributed by atoms with Gasteiger partial charge in [0.15, 0.2) is 0 Å². The third-order valence-electron chi connectivity index (χ3n) is 4.20. The Hall–Kier alpha value is -1.40. The highest BCUT2D eigenvalue weighted by molar-refractivity contribution is 5.58. The smallest absolute Gasteiger partial charge is 0.148 e. The topological polar surface area (TPSA) is 87.3 Å². The summed E-state index contributed by atoms with van der Waals surface area (Å²) in [5, 5.41) is 10.6. The van der Waals surface area contributed by atoms with Crippen LogP contribution in [-0.4, -0.2) is 34.3 Å². The van der Waals surface area contributed by atoms with Crippen molar-refractivity contribution >= 4 is 11.6 Å². The number of anilines is 2. The molecule has 0 aliphatic heterocycles. The lowest BCUT2D eigenvalue weighted by Gasteiger charge is -2.30. The molecule has 0 atom stereocenters. The molecule has 1 saturated carbocycles. The summed E-state index contributed by atoms with van der Waals surface area (Å²) >= 11 is 0. The first-order valence-electron chi connectivity index (χ1n) is 7.77. The first kappa shape index (κ1) is 16.0. The van der Waals surface area contributed by atoms with Crippen molar-refractivity contribution in [3.8, 4) is 0 Å². The summed E-state index contributed by atoms with van der Waals surface area (Å²) in [7, 11) is 1.97. The van der Waals surface area contributed by atoms with Crippen molar-refractivity contribution in [1.82, 2.24) is 9.97 Å². The van der Waals surface area contributed by atoms with Crippen molar-refractivity contribution in [3.63, 3.8) is 0 Å². The minimum atomic E-state index is -0.590. The van der Waals surface area contributed by atoms with Crippen molar-refractivity contribution in [3.05, 3.63) is 11.4 Å². The van der Waals surface area contributed by atoms with Crippen LogP contribution in [0.3, 0.4) is 0 Å². The second kappa shape index (κ2) is 6.58. The molecule has 0 unspecified atom stereocenters. The van der Waals surface area contributed by atoms with E-state index in [0.29, 0.717) is 12.4 Å². The molecule has 0 spiro atoms. The van der Waals surface area contributed by atoms with Crippen LogP contribution in [0.2, 0.25) is 0 Å². The van der Waals surface area contributed by atoms with Gasteiger partial charge in [-0.15, -0.1) is 0 Å².